The molecular formula is C13H11BrFN3O. The number of amides is 1. The fourth-order valence-corrected chi connectivity index (χ4v) is 2.03. The van der Waals surface area contributed by atoms with Gasteiger partial charge in [0.25, 0.3) is 5.91 Å². The zero-order valence-electron chi connectivity index (χ0n) is 9.78. The number of halogens is 2. The number of rotatable bonds is 2. The Bertz CT molecular complexity index is 626. The molecule has 19 heavy (non-hydrogen) atoms. The number of benzene rings is 2. The first-order valence-corrected chi connectivity index (χ1v) is 6.18. The molecule has 0 radical (unpaired) electrons. The molecule has 6 heteroatoms. The third-order valence-corrected chi connectivity index (χ3v) is 3.18. The Labute approximate surface area is 117 Å². The number of hydrogen-bond donors (Lipinski definition) is 3. The van der Waals surface area contributed by atoms with Crippen molar-refractivity contribution in [1.29, 1.82) is 0 Å². The van der Waals surface area contributed by atoms with Crippen LogP contribution in [0.25, 0.3) is 0 Å². The number of nitrogens with two attached hydrogens (primary N) is 2. The number of para-hydroxylation sites is 1. The van der Waals surface area contributed by atoms with Crippen LogP contribution in [0, 0.1) is 5.82 Å². The number of hydrogen-bond acceptors (Lipinski definition) is 3. The molecule has 0 unspecified atom stereocenters. The molecule has 0 fully saturated rings. The van der Waals surface area contributed by atoms with Crippen molar-refractivity contribution in [3.63, 3.8) is 0 Å². The van der Waals surface area contributed by atoms with E-state index in [1.807, 2.05) is 0 Å². The fourth-order valence-electron chi connectivity index (χ4n) is 1.59. The van der Waals surface area contributed by atoms with E-state index in [1.165, 1.54) is 24.3 Å². The van der Waals surface area contributed by atoms with Gasteiger partial charge in [-0.2, -0.15) is 0 Å². The van der Waals surface area contributed by atoms with Gasteiger partial charge in [-0.15, -0.1) is 0 Å². The molecule has 0 aliphatic rings. The van der Waals surface area contributed by atoms with Crippen molar-refractivity contribution in [2.24, 2.45) is 0 Å². The summed E-state index contributed by atoms with van der Waals surface area (Å²) in [6.07, 6.45) is 0. The summed E-state index contributed by atoms with van der Waals surface area (Å²) in [6.45, 7) is 0. The summed E-state index contributed by atoms with van der Waals surface area (Å²) in [5.74, 6) is -1.03. The molecule has 98 valence electrons. The maximum atomic E-state index is 13.6. The molecule has 0 aromatic heterocycles. The monoisotopic (exact) mass is 323 g/mol. The van der Waals surface area contributed by atoms with Gasteiger partial charge >= 0.3 is 0 Å². The van der Waals surface area contributed by atoms with E-state index in [2.05, 4.69) is 21.2 Å². The Morgan fingerprint density at radius 3 is 2.58 bits per heavy atom. The molecule has 0 aliphatic heterocycles. The molecular weight excluding hydrogens is 313 g/mol. The quantitative estimate of drug-likeness (QED) is 0.743. The van der Waals surface area contributed by atoms with Gasteiger partial charge in [-0.1, -0.05) is 6.07 Å². The molecule has 2 aromatic rings. The lowest BCUT2D eigenvalue weighted by molar-refractivity contribution is 0.102. The molecule has 0 aliphatic carbocycles. The predicted octanol–water partition coefficient (Wildman–Crippen LogP) is 3.00. The zero-order valence-corrected chi connectivity index (χ0v) is 11.4. The van der Waals surface area contributed by atoms with E-state index >= 15 is 0 Å². The highest BCUT2D eigenvalue weighted by atomic mass is 79.9. The molecule has 1 amide bonds. The van der Waals surface area contributed by atoms with Gasteiger partial charge in [0.2, 0.25) is 0 Å². The third-order valence-electron chi connectivity index (χ3n) is 2.52. The summed E-state index contributed by atoms with van der Waals surface area (Å²) in [5, 5.41) is 2.47. The Morgan fingerprint density at radius 2 is 1.95 bits per heavy atom. The summed E-state index contributed by atoms with van der Waals surface area (Å²) >= 11 is 3.17. The Hall–Kier alpha value is -2.08. The molecule has 0 atom stereocenters. The van der Waals surface area contributed by atoms with Crippen LogP contribution in [-0.2, 0) is 0 Å². The average molecular weight is 324 g/mol. The number of nitrogen functional groups attached to an aromatic ring is 2. The molecule has 4 nitrogen and oxygen atoms in total. The maximum absolute atomic E-state index is 13.6. The maximum Gasteiger partial charge on any atom is 0.257 e. The Balaban J connectivity index is 2.31. The number of nitrogens with one attached hydrogen (secondary N) is 1. The van der Waals surface area contributed by atoms with Crippen molar-refractivity contribution >= 4 is 38.9 Å². The number of anilines is 3. The van der Waals surface area contributed by atoms with E-state index < -0.39 is 11.7 Å². The average Bonchev–Trinajstić information content (AvgIpc) is 2.33. The first kappa shape index (κ1) is 13.4. The van der Waals surface area contributed by atoms with Crippen LogP contribution in [0.5, 0.6) is 0 Å². The van der Waals surface area contributed by atoms with Crippen molar-refractivity contribution in [2.45, 2.75) is 0 Å². The Kier molecular flexibility index (Phi) is 3.71. The van der Waals surface area contributed by atoms with Crippen molar-refractivity contribution < 1.29 is 9.18 Å². The molecule has 0 bridgehead atoms. The van der Waals surface area contributed by atoms with Crippen molar-refractivity contribution in [1.82, 2.24) is 0 Å². The fraction of sp³-hybridized carbons (Fsp3) is 0. The highest BCUT2D eigenvalue weighted by Gasteiger charge is 2.14. The van der Waals surface area contributed by atoms with E-state index in [0.29, 0.717) is 10.2 Å². The summed E-state index contributed by atoms with van der Waals surface area (Å²) < 4.78 is 14.0. The van der Waals surface area contributed by atoms with Crippen molar-refractivity contribution in [3.05, 3.63) is 52.3 Å². The molecule has 2 aromatic carbocycles. The van der Waals surface area contributed by atoms with Gasteiger partial charge in [-0.3, -0.25) is 4.79 Å². The lowest BCUT2D eigenvalue weighted by Crippen LogP contribution is -2.15. The van der Waals surface area contributed by atoms with E-state index in [0.717, 1.165) is 0 Å². The van der Waals surface area contributed by atoms with E-state index in [1.54, 1.807) is 12.1 Å². The minimum atomic E-state index is -0.531. The van der Waals surface area contributed by atoms with Gasteiger partial charge in [-0.25, -0.2) is 4.39 Å². The van der Waals surface area contributed by atoms with Gasteiger partial charge in [-0.05, 0) is 46.3 Å². The molecule has 0 heterocycles. The van der Waals surface area contributed by atoms with Crippen LogP contribution in [0.15, 0.2) is 40.9 Å². The zero-order chi connectivity index (χ0) is 14.0. The minimum absolute atomic E-state index is 0.0729. The van der Waals surface area contributed by atoms with Gasteiger partial charge < -0.3 is 16.8 Å². The second kappa shape index (κ2) is 5.27. The molecule has 0 saturated carbocycles. The third kappa shape index (κ3) is 2.85. The summed E-state index contributed by atoms with van der Waals surface area (Å²) in [7, 11) is 0. The summed E-state index contributed by atoms with van der Waals surface area (Å²) in [5.41, 5.74) is 12.3. The highest BCUT2D eigenvalue weighted by Crippen LogP contribution is 2.26. The van der Waals surface area contributed by atoms with Crippen LogP contribution in [0.1, 0.15) is 10.4 Å². The van der Waals surface area contributed by atoms with E-state index in [4.69, 9.17) is 11.5 Å². The molecule has 2 rings (SSSR count). The van der Waals surface area contributed by atoms with Gasteiger partial charge in [0, 0.05) is 15.8 Å². The molecule has 0 spiro atoms. The molecule has 0 saturated heterocycles. The van der Waals surface area contributed by atoms with Crippen LogP contribution in [0.2, 0.25) is 0 Å². The van der Waals surface area contributed by atoms with E-state index in [-0.39, 0.29) is 16.9 Å². The van der Waals surface area contributed by atoms with Crippen LogP contribution < -0.4 is 16.8 Å². The summed E-state index contributed by atoms with van der Waals surface area (Å²) in [4.78, 5) is 12.0. The normalized spacial score (nSPS) is 10.2. The first-order valence-electron chi connectivity index (χ1n) is 5.39. The van der Waals surface area contributed by atoms with Gasteiger partial charge in [0.15, 0.2) is 0 Å². The first-order chi connectivity index (χ1) is 8.99. The largest absolute Gasteiger partial charge is 0.399 e. The van der Waals surface area contributed by atoms with Crippen molar-refractivity contribution in [2.75, 3.05) is 16.8 Å². The van der Waals surface area contributed by atoms with E-state index in [9.17, 15) is 9.18 Å². The van der Waals surface area contributed by atoms with Crippen LogP contribution >= 0.6 is 15.9 Å². The topological polar surface area (TPSA) is 81.1 Å². The lowest BCUT2D eigenvalue weighted by Gasteiger charge is -2.10. The van der Waals surface area contributed by atoms with Crippen LogP contribution in [0.3, 0.4) is 0 Å². The minimum Gasteiger partial charge on any atom is -0.399 e. The standard InChI is InChI=1S/C13H11BrFN3O/c14-9-2-1-3-10(15)12(9)18-13(19)8-5-4-7(16)6-11(8)17/h1-6H,16-17H2,(H,18,19). The second-order valence-electron chi connectivity index (χ2n) is 3.90. The predicted molar refractivity (Wildman–Crippen MR) is 77.3 cm³/mol. The Morgan fingerprint density at radius 1 is 1.21 bits per heavy atom. The molecule has 5 N–H and O–H groups in total. The van der Waals surface area contributed by atoms with Gasteiger partial charge in [0.05, 0.1) is 11.3 Å². The van der Waals surface area contributed by atoms with Gasteiger partial charge in [0.1, 0.15) is 5.82 Å². The number of carbonyl (C=O) groups excluding carboxylic acids is 1. The number of carbonyl (C=O) groups is 1. The highest BCUT2D eigenvalue weighted by molar-refractivity contribution is 9.10. The lowest BCUT2D eigenvalue weighted by atomic mass is 10.1. The summed E-state index contributed by atoms with van der Waals surface area (Å²) in [6, 6.07) is 8.95. The van der Waals surface area contributed by atoms with Crippen LogP contribution in [0.4, 0.5) is 21.5 Å². The van der Waals surface area contributed by atoms with Crippen molar-refractivity contribution in [3.8, 4) is 0 Å². The van der Waals surface area contributed by atoms with Crippen LogP contribution in [-0.4, -0.2) is 5.91 Å². The smallest absolute Gasteiger partial charge is 0.257 e. The SMILES string of the molecule is Nc1ccc(C(=O)Nc2c(F)cccc2Br)c(N)c1. The second-order valence-corrected chi connectivity index (χ2v) is 4.75.